The molecule has 0 unspecified atom stereocenters. The zero-order valence-electron chi connectivity index (χ0n) is 15.5. The van der Waals surface area contributed by atoms with Crippen LogP contribution in [-0.2, 0) is 13.0 Å². The Labute approximate surface area is 159 Å². The smallest absolute Gasteiger partial charge is 0.169 e. The number of nitrogens with zero attached hydrogens (tertiary/aromatic N) is 1. The molecular weight excluding hydrogens is 346 g/mol. The van der Waals surface area contributed by atoms with Crippen molar-refractivity contribution in [3.05, 3.63) is 51.7 Å². The molecule has 1 N–H and O–H groups in total. The summed E-state index contributed by atoms with van der Waals surface area (Å²) in [6.45, 7) is 4.67. The number of likely N-dealkylation sites (tertiary alicyclic amines) is 1. The molecule has 1 aliphatic rings. The molecule has 140 valence electrons. The van der Waals surface area contributed by atoms with Gasteiger partial charge in [0.2, 0.25) is 0 Å². The zero-order valence-corrected chi connectivity index (χ0v) is 16.3. The fourth-order valence-electron chi connectivity index (χ4n) is 3.65. The van der Waals surface area contributed by atoms with E-state index in [0.717, 1.165) is 49.5 Å². The van der Waals surface area contributed by atoms with Gasteiger partial charge in [-0.15, -0.1) is 11.3 Å². The van der Waals surface area contributed by atoms with E-state index in [1.54, 1.807) is 14.0 Å². The van der Waals surface area contributed by atoms with Crippen molar-refractivity contribution in [3.63, 3.8) is 0 Å². The van der Waals surface area contributed by atoms with Crippen molar-refractivity contribution in [3.8, 4) is 5.75 Å². The van der Waals surface area contributed by atoms with Crippen LogP contribution < -0.4 is 4.74 Å². The number of piperidine rings is 1. The molecule has 3 rings (SSSR count). The number of ketones is 1. The Morgan fingerprint density at radius 3 is 2.46 bits per heavy atom. The van der Waals surface area contributed by atoms with Crippen LogP contribution in [0.1, 0.15) is 40.6 Å². The van der Waals surface area contributed by atoms with E-state index in [-0.39, 0.29) is 17.8 Å². The summed E-state index contributed by atoms with van der Waals surface area (Å²) in [6.07, 6.45) is 2.87. The van der Waals surface area contributed by atoms with E-state index in [0.29, 0.717) is 0 Å². The van der Waals surface area contributed by atoms with Crippen molar-refractivity contribution in [1.29, 1.82) is 0 Å². The predicted octanol–water partition coefficient (Wildman–Crippen LogP) is 3.78. The number of thiophene rings is 1. The molecule has 1 aromatic heterocycles. The number of aliphatic hydroxyl groups excluding tert-OH is 1. The summed E-state index contributed by atoms with van der Waals surface area (Å²) >= 11 is 1.53. The fraction of sp³-hybridized carbons (Fsp3) is 0.476. The van der Waals surface area contributed by atoms with Gasteiger partial charge in [0.25, 0.3) is 0 Å². The molecular formula is C21H27NO3S. The Balaban J connectivity index is 1.57. The van der Waals surface area contributed by atoms with Crippen molar-refractivity contribution >= 4 is 17.1 Å². The summed E-state index contributed by atoms with van der Waals surface area (Å²) in [4.78, 5) is 14.7. The monoisotopic (exact) mass is 373 g/mol. The van der Waals surface area contributed by atoms with Gasteiger partial charge < -0.3 is 9.84 Å². The molecule has 5 heteroatoms. The van der Waals surface area contributed by atoms with E-state index in [1.165, 1.54) is 22.5 Å². The van der Waals surface area contributed by atoms with Crippen LogP contribution in [0.5, 0.6) is 5.75 Å². The quantitative estimate of drug-likeness (QED) is 0.751. The van der Waals surface area contributed by atoms with Gasteiger partial charge in [0, 0.05) is 13.2 Å². The van der Waals surface area contributed by atoms with Crippen LogP contribution in [0, 0.1) is 5.41 Å². The van der Waals surface area contributed by atoms with Gasteiger partial charge in [-0.05, 0) is 79.4 Å². The second kappa shape index (κ2) is 8.33. The number of Topliss-reactive ketones (excluding diaryl/α,β-unsaturated/α-hetero) is 1. The van der Waals surface area contributed by atoms with E-state index in [9.17, 15) is 9.90 Å². The van der Waals surface area contributed by atoms with Gasteiger partial charge in [-0.1, -0.05) is 12.1 Å². The van der Waals surface area contributed by atoms with Crippen LogP contribution >= 0.6 is 11.3 Å². The Bertz CT molecular complexity index is 730. The van der Waals surface area contributed by atoms with Crippen molar-refractivity contribution < 1.29 is 14.6 Å². The lowest BCUT2D eigenvalue weighted by atomic mass is 9.74. The summed E-state index contributed by atoms with van der Waals surface area (Å²) in [5, 5.41) is 12.2. The largest absolute Gasteiger partial charge is 0.497 e. The van der Waals surface area contributed by atoms with E-state index < -0.39 is 0 Å². The molecule has 0 radical (unpaired) electrons. The molecule has 0 spiro atoms. The lowest BCUT2D eigenvalue weighted by Crippen LogP contribution is -2.42. The Morgan fingerprint density at radius 1 is 1.23 bits per heavy atom. The number of ether oxygens (including phenoxy) is 1. The Hall–Kier alpha value is -1.69. The first-order valence-corrected chi connectivity index (χ1v) is 9.96. The van der Waals surface area contributed by atoms with Crippen molar-refractivity contribution in [1.82, 2.24) is 4.90 Å². The third-order valence-electron chi connectivity index (χ3n) is 5.40. The number of benzene rings is 1. The molecule has 4 nitrogen and oxygen atoms in total. The van der Waals surface area contributed by atoms with Gasteiger partial charge in [0.05, 0.1) is 12.0 Å². The molecule has 1 saturated heterocycles. The van der Waals surface area contributed by atoms with Crippen LogP contribution in [0.25, 0.3) is 0 Å². The van der Waals surface area contributed by atoms with E-state index in [2.05, 4.69) is 22.4 Å². The number of carbonyl (C=O) groups is 1. The number of rotatable bonds is 7. The maximum Gasteiger partial charge on any atom is 0.169 e. The van der Waals surface area contributed by atoms with Gasteiger partial charge >= 0.3 is 0 Å². The van der Waals surface area contributed by atoms with Gasteiger partial charge in [0.1, 0.15) is 5.75 Å². The van der Waals surface area contributed by atoms with Gasteiger partial charge in [-0.25, -0.2) is 0 Å². The third kappa shape index (κ3) is 4.53. The first-order valence-electron chi connectivity index (χ1n) is 9.08. The van der Waals surface area contributed by atoms with E-state index in [4.69, 9.17) is 4.74 Å². The minimum absolute atomic E-state index is 0.0374. The lowest BCUT2D eigenvalue weighted by Gasteiger charge is -2.41. The minimum atomic E-state index is -0.0374. The van der Waals surface area contributed by atoms with Gasteiger partial charge in [-0.3, -0.25) is 9.69 Å². The highest BCUT2D eigenvalue weighted by atomic mass is 32.1. The van der Waals surface area contributed by atoms with Crippen molar-refractivity contribution in [2.75, 3.05) is 26.8 Å². The highest BCUT2D eigenvalue weighted by Crippen LogP contribution is 2.35. The lowest BCUT2D eigenvalue weighted by molar-refractivity contribution is 0.0414. The number of methoxy groups -OCH3 is 1. The fourth-order valence-corrected chi connectivity index (χ4v) is 4.46. The number of hydrogen-bond acceptors (Lipinski definition) is 5. The molecule has 2 heterocycles. The summed E-state index contributed by atoms with van der Waals surface area (Å²) < 4.78 is 5.22. The number of carbonyl (C=O) groups excluding carboxylic acids is 1. The Kier molecular flexibility index (Phi) is 6.12. The highest BCUT2D eigenvalue weighted by molar-refractivity contribution is 7.12. The highest BCUT2D eigenvalue weighted by Gasteiger charge is 2.34. The van der Waals surface area contributed by atoms with Crippen LogP contribution in [-0.4, -0.2) is 42.6 Å². The maximum absolute atomic E-state index is 11.4. The first kappa shape index (κ1) is 19.1. The van der Waals surface area contributed by atoms with Crippen LogP contribution in [0.3, 0.4) is 0 Å². The minimum Gasteiger partial charge on any atom is -0.497 e. The molecule has 1 aromatic carbocycles. The SMILES string of the molecule is COc1ccc(CC2(CO)CCN(Cc3csc(C(C)=O)c3)CC2)cc1. The molecule has 0 aliphatic carbocycles. The normalized spacial score (nSPS) is 17.2. The average Bonchev–Trinajstić information content (AvgIpc) is 3.13. The van der Waals surface area contributed by atoms with Crippen LogP contribution in [0.2, 0.25) is 0 Å². The molecule has 0 atom stereocenters. The topological polar surface area (TPSA) is 49.8 Å². The molecule has 0 saturated carbocycles. The van der Waals surface area contributed by atoms with Crippen molar-refractivity contribution in [2.45, 2.75) is 32.7 Å². The second-order valence-corrected chi connectivity index (χ2v) is 8.25. The van der Waals surface area contributed by atoms with Crippen molar-refractivity contribution in [2.24, 2.45) is 5.41 Å². The van der Waals surface area contributed by atoms with Gasteiger partial charge in [-0.2, -0.15) is 0 Å². The maximum atomic E-state index is 11.4. The van der Waals surface area contributed by atoms with Crippen LogP contribution in [0.15, 0.2) is 35.7 Å². The molecule has 1 aliphatic heterocycles. The summed E-state index contributed by atoms with van der Waals surface area (Å²) in [6, 6.07) is 10.2. The standard InChI is InChI=1S/C21H27NO3S/c1-16(24)20-11-18(14-26-20)13-22-9-7-21(15-23,8-10-22)12-17-3-5-19(25-2)6-4-17/h3-6,11,14,23H,7-10,12-13,15H2,1-2H3. The summed E-state index contributed by atoms with van der Waals surface area (Å²) in [5.74, 6) is 1.00. The molecule has 26 heavy (non-hydrogen) atoms. The third-order valence-corrected chi connectivity index (χ3v) is 6.48. The number of hydrogen-bond donors (Lipinski definition) is 1. The predicted molar refractivity (Wildman–Crippen MR) is 105 cm³/mol. The first-order chi connectivity index (χ1) is 12.5. The molecule has 0 bridgehead atoms. The average molecular weight is 374 g/mol. The van der Waals surface area contributed by atoms with Gasteiger partial charge in [0.15, 0.2) is 5.78 Å². The number of aliphatic hydroxyl groups is 1. The van der Waals surface area contributed by atoms with Crippen LogP contribution in [0.4, 0.5) is 0 Å². The summed E-state index contributed by atoms with van der Waals surface area (Å²) in [5.41, 5.74) is 2.42. The van der Waals surface area contributed by atoms with E-state index >= 15 is 0 Å². The second-order valence-electron chi connectivity index (χ2n) is 7.33. The molecule has 2 aromatic rings. The molecule has 0 amide bonds. The summed E-state index contributed by atoms with van der Waals surface area (Å²) in [7, 11) is 1.67. The Morgan fingerprint density at radius 2 is 1.92 bits per heavy atom. The van der Waals surface area contributed by atoms with E-state index in [1.807, 2.05) is 18.2 Å². The zero-order chi connectivity index (χ0) is 18.6. The molecule has 1 fully saturated rings.